The van der Waals surface area contributed by atoms with E-state index >= 15 is 0 Å². The topological polar surface area (TPSA) is 71.3 Å². The smallest absolute Gasteiger partial charge is 0.224 e. The van der Waals surface area contributed by atoms with E-state index in [1.807, 2.05) is 12.2 Å². The summed E-state index contributed by atoms with van der Waals surface area (Å²) < 4.78 is 11.5. The van der Waals surface area contributed by atoms with E-state index in [9.17, 15) is 4.79 Å². The van der Waals surface area contributed by atoms with Crippen molar-refractivity contribution in [3.63, 3.8) is 0 Å². The first-order valence-electron chi connectivity index (χ1n) is 7.96. The van der Waals surface area contributed by atoms with Gasteiger partial charge in [0.2, 0.25) is 5.91 Å². The largest absolute Gasteiger partial charge is 0.488 e. The van der Waals surface area contributed by atoms with Gasteiger partial charge in [0.15, 0.2) is 0 Å². The SMILES string of the molecule is N#Cc1ccc(O[C@@H]2CCOC[C@H]2NC(=O)C2CC=CC2)cc1. The van der Waals surface area contributed by atoms with Gasteiger partial charge in [0.05, 0.1) is 30.9 Å². The van der Waals surface area contributed by atoms with Crippen LogP contribution >= 0.6 is 0 Å². The molecule has 23 heavy (non-hydrogen) atoms. The van der Waals surface area contributed by atoms with Crippen molar-refractivity contribution in [3.05, 3.63) is 42.0 Å². The number of nitriles is 1. The minimum absolute atomic E-state index is 0.0347. The van der Waals surface area contributed by atoms with Crippen molar-refractivity contribution in [2.24, 2.45) is 5.92 Å². The van der Waals surface area contributed by atoms with Crippen LogP contribution in [0.25, 0.3) is 0 Å². The highest BCUT2D eigenvalue weighted by Crippen LogP contribution is 2.21. The molecule has 0 aromatic heterocycles. The second-order valence-corrected chi connectivity index (χ2v) is 5.91. The molecular weight excluding hydrogens is 292 g/mol. The van der Waals surface area contributed by atoms with E-state index in [1.165, 1.54) is 0 Å². The summed E-state index contributed by atoms with van der Waals surface area (Å²) in [6.45, 7) is 1.09. The zero-order valence-electron chi connectivity index (χ0n) is 12.9. The van der Waals surface area contributed by atoms with Gasteiger partial charge in [-0.15, -0.1) is 0 Å². The monoisotopic (exact) mass is 312 g/mol. The summed E-state index contributed by atoms with van der Waals surface area (Å²) in [6, 6.07) is 8.97. The molecule has 1 aromatic carbocycles. The molecule has 1 saturated heterocycles. The van der Waals surface area contributed by atoms with Gasteiger partial charge in [-0.1, -0.05) is 12.2 Å². The summed E-state index contributed by atoms with van der Waals surface area (Å²) in [5.74, 6) is 0.809. The number of carbonyl (C=O) groups is 1. The van der Waals surface area contributed by atoms with Gasteiger partial charge < -0.3 is 14.8 Å². The van der Waals surface area contributed by atoms with Crippen molar-refractivity contribution in [1.29, 1.82) is 5.26 Å². The third-order valence-corrected chi connectivity index (χ3v) is 4.27. The average Bonchev–Trinajstić information content (AvgIpc) is 3.12. The normalized spacial score (nSPS) is 24.1. The standard InChI is InChI=1S/C18H20N2O3/c19-11-13-5-7-15(8-6-13)23-17-9-10-22-12-16(17)20-18(21)14-3-1-2-4-14/h1-2,5-8,14,16-17H,3-4,9-10,12H2,(H,20,21)/t16-,17-/m1/s1. The van der Waals surface area contributed by atoms with Crippen molar-refractivity contribution >= 4 is 5.91 Å². The fourth-order valence-corrected chi connectivity index (χ4v) is 2.91. The molecule has 120 valence electrons. The quantitative estimate of drug-likeness (QED) is 0.865. The molecule has 1 amide bonds. The molecule has 0 saturated carbocycles. The van der Waals surface area contributed by atoms with Gasteiger partial charge in [0.1, 0.15) is 11.9 Å². The van der Waals surface area contributed by atoms with Crippen LogP contribution in [0.3, 0.4) is 0 Å². The second kappa shape index (κ2) is 7.30. The first-order chi connectivity index (χ1) is 11.3. The fraction of sp³-hybridized carbons (Fsp3) is 0.444. The molecule has 1 N–H and O–H groups in total. The molecule has 0 bridgehead atoms. The lowest BCUT2D eigenvalue weighted by Crippen LogP contribution is -2.53. The number of benzene rings is 1. The number of nitrogens with zero attached hydrogens (tertiary/aromatic N) is 1. The maximum Gasteiger partial charge on any atom is 0.224 e. The minimum atomic E-state index is -0.146. The van der Waals surface area contributed by atoms with Crippen molar-refractivity contribution in [3.8, 4) is 11.8 Å². The number of amides is 1. The summed E-state index contributed by atoms with van der Waals surface area (Å²) in [7, 11) is 0. The zero-order chi connectivity index (χ0) is 16.1. The van der Waals surface area contributed by atoms with Crippen LogP contribution < -0.4 is 10.1 Å². The lowest BCUT2D eigenvalue weighted by molar-refractivity contribution is -0.127. The predicted octanol–water partition coefficient (Wildman–Crippen LogP) is 2.18. The van der Waals surface area contributed by atoms with Crippen LogP contribution in [0.4, 0.5) is 0 Å². The van der Waals surface area contributed by atoms with Crippen molar-refractivity contribution < 1.29 is 14.3 Å². The second-order valence-electron chi connectivity index (χ2n) is 5.91. The Bertz CT molecular complexity index is 610. The van der Waals surface area contributed by atoms with E-state index in [4.69, 9.17) is 14.7 Å². The predicted molar refractivity (Wildman–Crippen MR) is 84.8 cm³/mol. The Morgan fingerprint density at radius 3 is 2.70 bits per heavy atom. The van der Waals surface area contributed by atoms with E-state index in [-0.39, 0.29) is 24.0 Å². The number of allylic oxidation sites excluding steroid dienone is 2. The molecule has 1 heterocycles. The third-order valence-electron chi connectivity index (χ3n) is 4.27. The maximum absolute atomic E-state index is 12.3. The third kappa shape index (κ3) is 3.91. The molecule has 2 aliphatic rings. The molecule has 1 fully saturated rings. The van der Waals surface area contributed by atoms with Crippen LogP contribution in [0.2, 0.25) is 0 Å². The van der Waals surface area contributed by atoms with Crippen LogP contribution in [0.15, 0.2) is 36.4 Å². The van der Waals surface area contributed by atoms with E-state index in [2.05, 4.69) is 11.4 Å². The molecule has 3 rings (SSSR count). The number of carbonyl (C=O) groups excluding carboxylic acids is 1. The van der Waals surface area contributed by atoms with Crippen LogP contribution in [-0.2, 0) is 9.53 Å². The highest BCUT2D eigenvalue weighted by Gasteiger charge is 2.31. The summed E-state index contributed by atoms with van der Waals surface area (Å²) in [5, 5.41) is 11.9. The molecule has 1 aliphatic heterocycles. The molecule has 0 spiro atoms. The zero-order valence-corrected chi connectivity index (χ0v) is 12.9. The number of nitrogens with one attached hydrogen (secondary N) is 1. The lowest BCUT2D eigenvalue weighted by Gasteiger charge is -2.33. The molecule has 1 aromatic rings. The average molecular weight is 312 g/mol. The Morgan fingerprint density at radius 2 is 2.00 bits per heavy atom. The van der Waals surface area contributed by atoms with Crippen molar-refractivity contribution in [2.45, 2.75) is 31.4 Å². The van der Waals surface area contributed by atoms with Crippen LogP contribution in [-0.4, -0.2) is 31.3 Å². The Morgan fingerprint density at radius 1 is 1.26 bits per heavy atom. The summed E-state index contributed by atoms with van der Waals surface area (Å²) in [4.78, 5) is 12.3. The van der Waals surface area contributed by atoms with Crippen molar-refractivity contribution in [1.82, 2.24) is 5.32 Å². The van der Waals surface area contributed by atoms with Gasteiger partial charge in [0.25, 0.3) is 0 Å². The van der Waals surface area contributed by atoms with E-state index < -0.39 is 0 Å². The Balaban J connectivity index is 1.61. The van der Waals surface area contributed by atoms with Gasteiger partial charge in [0, 0.05) is 12.3 Å². The molecule has 1 aliphatic carbocycles. The highest BCUT2D eigenvalue weighted by molar-refractivity contribution is 5.79. The van der Waals surface area contributed by atoms with Gasteiger partial charge in [-0.3, -0.25) is 4.79 Å². The molecule has 0 unspecified atom stereocenters. The maximum atomic E-state index is 12.3. The molecule has 5 heteroatoms. The first kappa shape index (κ1) is 15.6. The van der Waals surface area contributed by atoms with E-state index in [0.29, 0.717) is 24.5 Å². The van der Waals surface area contributed by atoms with Gasteiger partial charge in [-0.2, -0.15) is 5.26 Å². The number of ether oxygens (including phenoxy) is 2. The van der Waals surface area contributed by atoms with E-state index in [0.717, 1.165) is 19.3 Å². The summed E-state index contributed by atoms with van der Waals surface area (Å²) in [5.41, 5.74) is 0.600. The van der Waals surface area contributed by atoms with Crippen molar-refractivity contribution in [2.75, 3.05) is 13.2 Å². The molecular formula is C18H20N2O3. The molecule has 2 atom stereocenters. The van der Waals surface area contributed by atoms with Crippen LogP contribution in [0.1, 0.15) is 24.8 Å². The highest BCUT2D eigenvalue weighted by atomic mass is 16.5. The fourth-order valence-electron chi connectivity index (χ4n) is 2.91. The Hall–Kier alpha value is -2.32. The lowest BCUT2D eigenvalue weighted by atomic mass is 10.0. The Kier molecular flexibility index (Phi) is 4.94. The van der Waals surface area contributed by atoms with Crippen LogP contribution in [0.5, 0.6) is 5.75 Å². The molecule has 0 radical (unpaired) electrons. The van der Waals surface area contributed by atoms with Gasteiger partial charge in [-0.05, 0) is 37.1 Å². The number of hydrogen-bond donors (Lipinski definition) is 1. The summed E-state index contributed by atoms with van der Waals surface area (Å²) in [6.07, 6.45) is 6.32. The summed E-state index contributed by atoms with van der Waals surface area (Å²) >= 11 is 0. The number of rotatable bonds is 4. The first-order valence-corrected chi connectivity index (χ1v) is 7.96. The van der Waals surface area contributed by atoms with Crippen LogP contribution in [0, 0.1) is 17.2 Å². The number of hydrogen-bond acceptors (Lipinski definition) is 4. The Labute approximate surface area is 135 Å². The van der Waals surface area contributed by atoms with E-state index in [1.54, 1.807) is 24.3 Å². The van der Waals surface area contributed by atoms with Gasteiger partial charge in [-0.25, -0.2) is 0 Å². The van der Waals surface area contributed by atoms with Gasteiger partial charge >= 0.3 is 0 Å². The molecule has 5 nitrogen and oxygen atoms in total. The minimum Gasteiger partial charge on any atom is -0.488 e.